The van der Waals surface area contributed by atoms with E-state index in [0.717, 1.165) is 35.6 Å². The summed E-state index contributed by atoms with van der Waals surface area (Å²) in [5.41, 5.74) is 3.13. The second-order valence-electron chi connectivity index (χ2n) is 6.57. The van der Waals surface area contributed by atoms with Crippen LogP contribution in [0.4, 0.5) is 0 Å². The van der Waals surface area contributed by atoms with Crippen LogP contribution in [0, 0.1) is 0 Å². The van der Waals surface area contributed by atoms with Crippen molar-refractivity contribution in [1.29, 1.82) is 0 Å². The number of rotatable bonds is 1. The molecule has 3 unspecified atom stereocenters. The predicted molar refractivity (Wildman–Crippen MR) is 83.4 cm³/mol. The quantitative estimate of drug-likeness (QED) is 0.858. The first-order chi connectivity index (χ1) is 11.2. The standard InChI is InChI=1S/C18H19NO4/c1-21-12-3-2-11-4-5-19-9-15(20)13-6-16-17(23-10-22-16)7-14(13)18(11,19)8-12/h2-4,6-7,12,15,20H,5,8-10H2,1H3. The predicted octanol–water partition coefficient (Wildman–Crippen LogP) is 1.87. The molecular weight excluding hydrogens is 294 g/mol. The first-order valence-corrected chi connectivity index (χ1v) is 8.01. The zero-order chi connectivity index (χ0) is 15.6. The van der Waals surface area contributed by atoms with E-state index in [1.54, 1.807) is 7.11 Å². The van der Waals surface area contributed by atoms with Gasteiger partial charge in [0.1, 0.15) is 0 Å². The van der Waals surface area contributed by atoms with Gasteiger partial charge in [-0.15, -0.1) is 0 Å². The minimum atomic E-state index is -0.509. The van der Waals surface area contributed by atoms with E-state index >= 15 is 0 Å². The number of fused-ring (bicyclic) bond motifs is 2. The van der Waals surface area contributed by atoms with Gasteiger partial charge >= 0.3 is 0 Å². The molecule has 5 heteroatoms. The van der Waals surface area contributed by atoms with Gasteiger partial charge in [-0.1, -0.05) is 18.2 Å². The minimum absolute atomic E-state index is 0.0706. The zero-order valence-electron chi connectivity index (χ0n) is 13.0. The maximum atomic E-state index is 10.6. The Morgan fingerprint density at radius 3 is 2.96 bits per heavy atom. The van der Waals surface area contributed by atoms with Crippen molar-refractivity contribution >= 4 is 0 Å². The third-order valence-electron chi connectivity index (χ3n) is 5.58. The van der Waals surface area contributed by atoms with Crippen LogP contribution in [0.1, 0.15) is 23.7 Å². The fraction of sp³-hybridized carbons (Fsp3) is 0.444. The lowest BCUT2D eigenvalue weighted by Crippen LogP contribution is -2.52. The first kappa shape index (κ1) is 13.6. The topological polar surface area (TPSA) is 51.2 Å². The number of benzene rings is 1. The minimum Gasteiger partial charge on any atom is -0.454 e. The van der Waals surface area contributed by atoms with Crippen molar-refractivity contribution in [2.45, 2.75) is 24.2 Å². The molecule has 5 rings (SSSR count). The molecule has 1 aliphatic carbocycles. The van der Waals surface area contributed by atoms with Crippen molar-refractivity contribution in [2.24, 2.45) is 0 Å². The van der Waals surface area contributed by atoms with Crippen LogP contribution >= 0.6 is 0 Å². The molecule has 23 heavy (non-hydrogen) atoms. The van der Waals surface area contributed by atoms with Crippen LogP contribution in [-0.2, 0) is 10.3 Å². The Morgan fingerprint density at radius 2 is 2.13 bits per heavy atom. The number of ether oxygens (including phenoxy) is 3. The summed E-state index contributed by atoms with van der Waals surface area (Å²) in [6.07, 6.45) is 6.97. The Kier molecular flexibility index (Phi) is 2.72. The summed E-state index contributed by atoms with van der Waals surface area (Å²) in [6, 6.07) is 4.00. The van der Waals surface area contributed by atoms with Gasteiger partial charge in [-0.3, -0.25) is 4.90 Å². The van der Waals surface area contributed by atoms with Gasteiger partial charge in [-0.2, -0.15) is 0 Å². The molecule has 1 aromatic carbocycles. The van der Waals surface area contributed by atoms with Gasteiger partial charge in [-0.25, -0.2) is 0 Å². The number of methoxy groups -OCH3 is 1. The molecule has 1 aromatic rings. The molecule has 1 spiro atoms. The molecule has 0 fully saturated rings. The number of aliphatic hydroxyl groups excluding tert-OH is 1. The largest absolute Gasteiger partial charge is 0.454 e. The average Bonchev–Trinajstić information content (AvgIpc) is 3.17. The van der Waals surface area contributed by atoms with Crippen LogP contribution in [0.2, 0.25) is 0 Å². The van der Waals surface area contributed by atoms with Crippen molar-refractivity contribution < 1.29 is 19.3 Å². The molecule has 1 N–H and O–H groups in total. The SMILES string of the molecule is COC1C=CC2=CCN3CC(O)c4cc5c(cc4C23C1)OCO5. The smallest absolute Gasteiger partial charge is 0.231 e. The lowest BCUT2D eigenvalue weighted by Gasteiger charge is -2.49. The number of hydrogen-bond acceptors (Lipinski definition) is 5. The number of nitrogens with zero attached hydrogens (tertiary/aromatic N) is 1. The van der Waals surface area contributed by atoms with Crippen molar-refractivity contribution in [3.05, 3.63) is 47.1 Å². The monoisotopic (exact) mass is 313 g/mol. The highest BCUT2D eigenvalue weighted by Crippen LogP contribution is 2.54. The molecule has 0 bridgehead atoms. The van der Waals surface area contributed by atoms with E-state index in [-0.39, 0.29) is 18.4 Å². The first-order valence-electron chi connectivity index (χ1n) is 8.01. The van der Waals surface area contributed by atoms with Crippen molar-refractivity contribution in [3.63, 3.8) is 0 Å². The van der Waals surface area contributed by atoms with Gasteiger partial charge in [0.05, 0.1) is 17.7 Å². The molecule has 3 aliphatic heterocycles. The average molecular weight is 313 g/mol. The van der Waals surface area contributed by atoms with E-state index in [2.05, 4.69) is 29.2 Å². The zero-order valence-corrected chi connectivity index (χ0v) is 13.0. The number of hydrogen-bond donors (Lipinski definition) is 1. The second kappa shape index (κ2) is 4.60. The molecule has 4 aliphatic rings. The summed E-state index contributed by atoms with van der Waals surface area (Å²) in [5, 5.41) is 10.6. The normalized spacial score (nSPS) is 33.9. The van der Waals surface area contributed by atoms with Gasteiger partial charge in [0, 0.05) is 26.6 Å². The highest BCUT2D eigenvalue weighted by atomic mass is 16.7. The highest BCUT2D eigenvalue weighted by molar-refractivity contribution is 5.58. The fourth-order valence-corrected chi connectivity index (χ4v) is 4.47. The van der Waals surface area contributed by atoms with Crippen LogP contribution in [-0.4, -0.2) is 43.1 Å². The highest BCUT2D eigenvalue weighted by Gasteiger charge is 2.52. The van der Waals surface area contributed by atoms with Crippen molar-refractivity contribution in [1.82, 2.24) is 4.90 Å². The molecule has 0 saturated heterocycles. The number of aliphatic hydroxyl groups is 1. The van der Waals surface area contributed by atoms with Crippen LogP contribution in [0.25, 0.3) is 0 Å². The van der Waals surface area contributed by atoms with Gasteiger partial charge in [0.25, 0.3) is 0 Å². The summed E-state index contributed by atoms with van der Waals surface area (Å²) in [4.78, 5) is 2.35. The molecule has 3 heterocycles. The van der Waals surface area contributed by atoms with E-state index in [9.17, 15) is 5.11 Å². The lowest BCUT2D eigenvalue weighted by molar-refractivity contribution is 0.0109. The van der Waals surface area contributed by atoms with Crippen molar-refractivity contribution in [3.8, 4) is 11.5 Å². The summed E-state index contributed by atoms with van der Waals surface area (Å²) >= 11 is 0. The fourth-order valence-electron chi connectivity index (χ4n) is 4.47. The summed E-state index contributed by atoms with van der Waals surface area (Å²) < 4.78 is 16.7. The van der Waals surface area contributed by atoms with E-state index in [1.807, 2.05) is 6.07 Å². The van der Waals surface area contributed by atoms with Gasteiger partial charge in [0.2, 0.25) is 6.79 Å². The van der Waals surface area contributed by atoms with Crippen LogP contribution in [0.15, 0.2) is 35.9 Å². The van der Waals surface area contributed by atoms with Crippen LogP contribution in [0.5, 0.6) is 11.5 Å². The molecule has 5 nitrogen and oxygen atoms in total. The maximum Gasteiger partial charge on any atom is 0.231 e. The third kappa shape index (κ3) is 1.67. The van der Waals surface area contributed by atoms with E-state index in [4.69, 9.17) is 14.2 Å². The molecule has 0 radical (unpaired) electrons. The Labute approximate surface area is 134 Å². The van der Waals surface area contributed by atoms with Crippen LogP contribution < -0.4 is 9.47 Å². The maximum absolute atomic E-state index is 10.6. The van der Waals surface area contributed by atoms with Gasteiger partial charge < -0.3 is 19.3 Å². The molecule has 3 atom stereocenters. The Morgan fingerprint density at radius 1 is 1.30 bits per heavy atom. The molecule has 120 valence electrons. The Balaban J connectivity index is 1.74. The lowest BCUT2D eigenvalue weighted by atomic mass is 9.71. The van der Waals surface area contributed by atoms with E-state index < -0.39 is 6.10 Å². The summed E-state index contributed by atoms with van der Waals surface area (Å²) in [7, 11) is 1.75. The van der Waals surface area contributed by atoms with Gasteiger partial charge in [-0.05, 0) is 28.8 Å². The third-order valence-corrected chi connectivity index (χ3v) is 5.58. The van der Waals surface area contributed by atoms with E-state index in [1.165, 1.54) is 5.57 Å². The summed E-state index contributed by atoms with van der Waals surface area (Å²) in [5.74, 6) is 1.49. The molecule has 0 saturated carbocycles. The summed E-state index contributed by atoms with van der Waals surface area (Å²) in [6.45, 7) is 1.71. The van der Waals surface area contributed by atoms with Gasteiger partial charge in [0.15, 0.2) is 11.5 Å². The van der Waals surface area contributed by atoms with Crippen LogP contribution in [0.3, 0.4) is 0 Å². The Bertz CT molecular complexity index is 741. The molecule has 0 amide bonds. The van der Waals surface area contributed by atoms with Crippen molar-refractivity contribution in [2.75, 3.05) is 27.0 Å². The molecule has 0 aromatic heterocycles. The second-order valence-corrected chi connectivity index (χ2v) is 6.57. The molecular formula is C18H19NO4. The van der Waals surface area contributed by atoms with E-state index in [0.29, 0.717) is 6.54 Å². The Hall–Kier alpha value is -1.82.